The Kier molecular flexibility index (Phi) is 3.81. The molecule has 2 heterocycles. The summed E-state index contributed by atoms with van der Waals surface area (Å²) in [6.45, 7) is 4.42. The molecule has 1 saturated heterocycles. The standard InChI is InChI=1S/C16H26N4/c1-13-12-18-15(17-2)19-14(13)20-10-8-16(9-11-20)6-4-3-5-7-16/h12H,3-11H2,1-2H3,(H,17,18,19). The fourth-order valence-electron chi connectivity index (χ4n) is 3.87. The van der Waals surface area contributed by atoms with Crippen molar-refractivity contribution in [3.05, 3.63) is 11.8 Å². The number of rotatable bonds is 2. The number of aromatic nitrogens is 2. The third kappa shape index (κ3) is 2.60. The minimum atomic E-state index is 0.654. The van der Waals surface area contributed by atoms with Crippen molar-refractivity contribution in [1.29, 1.82) is 0 Å². The number of hydrogen-bond acceptors (Lipinski definition) is 4. The lowest BCUT2D eigenvalue weighted by molar-refractivity contribution is 0.144. The van der Waals surface area contributed by atoms with Crippen LogP contribution in [0.3, 0.4) is 0 Å². The van der Waals surface area contributed by atoms with Gasteiger partial charge in [0.15, 0.2) is 0 Å². The van der Waals surface area contributed by atoms with Crippen LogP contribution in [-0.2, 0) is 0 Å². The Morgan fingerprint density at radius 3 is 2.45 bits per heavy atom. The summed E-state index contributed by atoms with van der Waals surface area (Å²) in [6, 6.07) is 0. The van der Waals surface area contributed by atoms with E-state index in [1.54, 1.807) is 0 Å². The van der Waals surface area contributed by atoms with Crippen molar-refractivity contribution in [3.63, 3.8) is 0 Å². The monoisotopic (exact) mass is 274 g/mol. The van der Waals surface area contributed by atoms with E-state index in [1.807, 2.05) is 13.2 Å². The number of anilines is 2. The van der Waals surface area contributed by atoms with Crippen LogP contribution in [0.2, 0.25) is 0 Å². The van der Waals surface area contributed by atoms with Crippen LogP contribution in [0, 0.1) is 12.3 Å². The first kappa shape index (κ1) is 13.7. The summed E-state index contributed by atoms with van der Waals surface area (Å²) in [5.41, 5.74) is 1.84. The van der Waals surface area contributed by atoms with E-state index in [0.717, 1.165) is 24.9 Å². The van der Waals surface area contributed by atoms with Crippen molar-refractivity contribution in [1.82, 2.24) is 9.97 Å². The summed E-state index contributed by atoms with van der Waals surface area (Å²) in [6.07, 6.45) is 11.8. The minimum absolute atomic E-state index is 0.654. The molecular weight excluding hydrogens is 248 g/mol. The van der Waals surface area contributed by atoms with Crippen molar-refractivity contribution < 1.29 is 0 Å². The lowest BCUT2D eigenvalue weighted by atomic mass is 9.68. The number of aryl methyl sites for hydroxylation is 1. The highest BCUT2D eigenvalue weighted by Gasteiger charge is 2.36. The zero-order chi connectivity index (χ0) is 14.0. The molecule has 0 radical (unpaired) electrons. The van der Waals surface area contributed by atoms with Gasteiger partial charge in [-0.1, -0.05) is 19.3 Å². The summed E-state index contributed by atoms with van der Waals surface area (Å²) in [7, 11) is 1.88. The first-order valence-corrected chi connectivity index (χ1v) is 7.99. The van der Waals surface area contributed by atoms with E-state index in [2.05, 4.69) is 27.1 Å². The van der Waals surface area contributed by atoms with Crippen molar-refractivity contribution in [2.45, 2.75) is 51.9 Å². The Balaban J connectivity index is 1.71. The summed E-state index contributed by atoms with van der Waals surface area (Å²) >= 11 is 0. The fraction of sp³-hybridized carbons (Fsp3) is 0.750. The first-order chi connectivity index (χ1) is 9.72. The Labute approximate surface area is 122 Å². The van der Waals surface area contributed by atoms with E-state index >= 15 is 0 Å². The highest BCUT2D eigenvalue weighted by molar-refractivity contribution is 5.49. The molecule has 1 aliphatic heterocycles. The maximum Gasteiger partial charge on any atom is 0.224 e. The van der Waals surface area contributed by atoms with Gasteiger partial charge in [0.25, 0.3) is 0 Å². The van der Waals surface area contributed by atoms with E-state index in [0.29, 0.717) is 5.41 Å². The van der Waals surface area contributed by atoms with Gasteiger partial charge in [0, 0.05) is 31.9 Å². The topological polar surface area (TPSA) is 41.1 Å². The molecule has 1 aliphatic carbocycles. The molecule has 1 spiro atoms. The number of hydrogen-bond donors (Lipinski definition) is 1. The molecule has 0 atom stereocenters. The first-order valence-electron chi connectivity index (χ1n) is 7.99. The van der Waals surface area contributed by atoms with Crippen LogP contribution in [-0.4, -0.2) is 30.1 Å². The van der Waals surface area contributed by atoms with Crippen LogP contribution >= 0.6 is 0 Å². The largest absolute Gasteiger partial charge is 0.357 e. The molecular formula is C16H26N4. The molecule has 2 aliphatic rings. The lowest BCUT2D eigenvalue weighted by Gasteiger charge is -2.44. The molecule has 1 aromatic heterocycles. The maximum absolute atomic E-state index is 4.65. The summed E-state index contributed by atoms with van der Waals surface area (Å²) in [4.78, 5) is 11.4. The van der Waals surface area contributed by atoms with Crippen molar-refractivity contribution in [2.75, 3.05) is 30.4 Å². The van der Waals surface area contributed by atoms with E-state index in [1.165, 1.54) is 50.5 Å². The van der Waals surface area contributed by atoms with Crippen molar-refractivity contribution in [3.8, 4) is 0 Å². The smallest absolute Gasteiger partial charge is 0.224 e. The third-order valence-corrected chi connectivity index (χ3v) is 5.21. The molecule has 1 N–H and O–H groups in total. The van der Waals surface area contributed by atoms with Crippen LogP contribution < -0.4 is 10.2 Å². The normalized spacial score (nSPS) is 22.0. The molecule has 0 bridgehead atoms. The summed E-state index contributed by atoms with van der Waals surface area (Å²) in [5, 5.41) is 3.04. The van der Waals surface area contributed by atoms with Gasteiger partial charge in [0.1, 0.15) is 5.82 Å². The molecule has 4 nitrogen and oxygen atoms in total. The summed E-state index contributed by atoms with van der Waals surface area (Å²) < 4.78 is 0. The van der Waals surface area contributed by atoms with E-state index in [9.17, 15) is 0 Å². The van der Waals surface area contributed by atoms with Crippen molar-refractivity contribution >= 4 is 11.8 Å². The molecule has 110 valence electrons. The molecule has 1 aromatic rings. The predicted molar refractivity (Wildman–Crippen MR) is 83.3 cm³/mol. The highest BCUT2D eigenvalue weighted by atomic mass is 15.2. The Bertz CT molecular complexity index is 456. The lowest BCUT2D eigenvalue weighted by Crippen LogP contribution is -2.41. The summed E-state index contributed by atoms with van der Waals surface area (Å²) in [5.74, 6) is 1.85. The molecule has 2 fully saturated rings. The van der Waals surface area contributed by atoms with Gasteiger partial charge >= 0.3 is 0 Å². The van der Waals surface area contributed by atoms with E-state index in [-0.39, 0.29) is 0 Å². The van der Waals surface area contributed by atoms with Gasteiger partial charge in [-0.15, -0.1) is 0 Å². The zero-order valence-corrected chi connectivity index (χ0v) is 12.8. The van der Waals surface area contributed by atoms with Crippen LogP contribution in [0.15, 0.2) is 6.20 Å². The van der Waals surface area contributed by atoms with Gasteiger partial charge in [-0.3, -0.25) is 0 Å². The second kappa shape index (κ2) is 5.58. The SMILES string of the molecule is CNc1ncc(C)c(N2CCC3(CCCCC3)CC2)n1. The highest BCUT2D eigenvalue weighted by Crippen LogP contribution is 2.45. The van der Waals surface area contributed by atoms with Crippen LogP contribution in [0.25, 0.3) is 0 Å². The third-order valence-electron chi connectivity index (χ3n) is 5.21. The van der Waals surface area contributed by atoms with E-state index < -0.39 is 0 Å². The van der Waals surface area contributed by atoms with Gasteiger partial charge in [0.2, 0.25) is 5.95 Å². The average Bonchev–Trinajstić information content (AvgIpc) is 2.50. The van der Waals surface area contributed by atoms with Crippen LogP contribution in [0.1, 0.15) is 50.5 Å². The Hall–Kier alpha value is -1.32. The fourth-order valence-corrected chi connectivity index (χ4v) is 3.87. The maximum atomic E-state index is 4.65. The van der Waals surface area contributed by atoms with Gasteiger partial charge < -0.3 is 10.2 Å². The van der Waals surface area contributed by atoms with Crippen LogP contribution in [0.5, 0.6) is 0 Å². The molecule has 0 aromatic carbocycles. The number of nitrogens with one attached hydrogen (secondary N) is 1. The molecule has 3 rings (SSSR count). The van der Waals surface area contributed by atoms with Crippen molar-refractivity contribution in [2.24, 2.45) is 5.41 Å². The minimum Gasteiger partial charge on any atom is -0.357 e. The van der Waals surface area contributed by atoms with Crippen LogP contribution in [0.4, 0.5) is 11.8 Å². The van der Waals surface area contributed by atoms with Gasteiger partial charge in [-0.25, -0.2) is 4.98 Å². The number of piperidine rings is 1. The molecule has 1 saturated carbocycles. The number of nitrogens with zero attached hydrogens (tertiary/aromatic N) is 3. The average molecular weight is 274 g/mol. The molecule has 20 heavy (non-hydrogen) atoms. The Morgan fingerprint density at radius 1 is 1.10 bits per heavy atom. The second-order valence-electron chi connectivity index (χ2n) is 6.50. The van der Waals surface area contributed by atoms with Gasteiger partial charge in [0.05, 0.1) is 0 Å². The second-order valence-corrected chi connectivity index (χ2v) is 6.50. The molecule has 0 unspecified atom stereocenters. The Morgan fingerprint density at radius 2 is 1.80 bits per heavy atom. The zero-order valence-electron chi connectivity index (χ0n) is 12.8. The quantitative estimate of drug-likeness (QED) is 0.897. The van der Waals surface area contributed by atoms with Gasteiger partial charge in [-0.2, -0.15) is 4.98 Å². The molecule has 4 heteroatoms. The molecule has 0 amide bonds. The van der Waals surface area contributed by atoms with E-state index in [4.69, 9.17) is 0 Å². The van der Waals surface area contributed by atoms with Gasteiger partial charge in [-0.05, 0) is 38.0 Å². The predicted octanol–water partition coefficient (Wildman–Crippen LogP) is 3.38.